The van der Waals surface area contributed by atoms with Gasteiger partial charge in [-0.1, -0.05) is 35.8 Å². The van der Waals surface area contributed by atoms with Crippen molar-refractivity contribution in [3.8, 4) is 22.8 Å². The molecule has 0 unspecified atom stereocenters. The van der Waals surface area contributed by atoms with Crippen LogP contribution in [0.25, 0.3) is 22.8 Å². The van der Waals surface area contributed by atoms with E-state index in [1.165, 1.54) is 0 Å². The molecule has 2 aromatic carbocycles. The van der Waals surface area contributed by atoms with Gasteiger partial charge in [-0.15, -0.1) is 0 Å². The van der Waals surface area contributed by atoms with Crippen LogP contribution in [-0.4, -0.2) is 16.0 Å². The van der Waals surface area contributed by atoms with Crippen LogP contribution in [0.4, 0.5) is 5.69 Å². The van der Waals surface area contributed by atoms with Gasteiger partial charge in [0.2, 0.25) is 11.7 Å². The van der Waals surface area contributed by atoms with Crippen molar-refractivity contribution in [2.24, 2.45) is 0 Å². The van der Waals surface area contributed by atoms with E-state index in [9.17, 15) is 4.79 Å². The zero-order valence-corrected chi connectivity index (χ0v) is 13.2. The Morgan fingerprint density at radius 3 is 2.65 bits per heavy atom. The van der Waals surface area contributed by atoms with Crippen molar-refractivity contribution >= 4 is 23.2 Å². The van der Waals surface area contributed by atoms with Gasteiger partial charge in [0, 0.05) is 17.0 Å². The maximum atomic E-state index is 11.6. The van der Waals surface area contributed by atoms with E-state index >= 15 is 0 Å². The first-order chi connectivity index (χ1) is 11.2. The van der Waals surface area contributed by atoms with Crippen LogP contribution in [-0.2, 0) is 4.79 Å². The molecule has 116 valence electrons. The predicted molar refractivity (Wildman–Crippen MR) is 89.1 cm³/mol. The molecule has 0 aliphatic heterocycles. The summed E-state index contributed by atoms with van der Waals surface area (Å²) in [6.07, 6.45) is 0.397. The van der Waals surface area contributed by atoms with Gasteiger partial charge in [0.25, 0.3) is 5.89 Å². The summed E-state index contributed by atoms with van der Waals surface area (Å²) in [5, 5.41) is 7.47. The molecule has 1 heterocycles. The van der Waals surface area contributed by atoms with Crippen molar-refractivity contribution in [1.82, 2.24) is 10.1 Å². The van der Waals surface area contributed by atoms with Crippen molar-refractivity contribution in [3.63, 3.8) is 0 Å². The zero-order chi connectivity index (χ0) is 16.2. The molecule has 1 aromatic heterocycles. The number of para-hydroxylation sites is 1. The highest BCUT2D eigenvalue weighted by Crippen LogP contribution is 2.28. The molecule has 0 spiro atoms. The van der Waals surface area contributed by atoms with E-state index in [4.69, 9.17) is 16.1 Å². The molecule has 0 aliphatic rings. The standard InChI is InChI=1S/C17H14ClN3O2/c1-2-15(22)19-14-6-4-3-5-13(14)17-20-16(21-23-17)11-7-9-12(18)10-8-11/h3-10H,2H2,1H3,(H,19,22). The van der Waals surface area contributed by atoms with Crippen molar-refractivity contribution < 1.29 is 9.32 Å². The lowest BCUT2D eigenvalue weighted by molar-refractivity contribution is -0.115. The lowest BCUT2D eigenvalue weighted by Gasteiger charge is -2.06. The summed E-state index contributed by atoms with van der Waals surface area (Å²) in [7, 11) is 0. The minimum absolute atomic E-state index is 0.0742. The molecule has 0 saturated carbocycles. The van der Waals surface area contributed by atoms with Crippen LogP contribution in [0.2, 0.25) is 5.02 Å². The normalized spacial score (nSPS) is 10.5. The van der Waals surface area contributed by atoms with Crippen molar-refractivity contribution in [2.45, 2.75) is 13.3 Å². The Kier molecular flexibility index (Phi) is 4.39. The molecule has 0 aliphatic carbocycles. The van der Waals surface area contributed by atoms with Crippen LogP contribution >= 0.6 is 11.6 Å². The lowest BCUT2D eigenvalue weighted by Crippen LogP contribution is -2.10. The maximum Gasteiger partial charge on any atom is 0.260 e. The maximum absolute atomic E-state index is 11.6. The lowest BCUT2D eigenvalue weighted by atomic mass is 10.1. The number of nitrogens with one attached hydrogen (secondary N) is 1. The van der Waals surface area contributed by atoms with Gasteiger partial charge in [0.15, 0.2) is 0 Å². The average Bonchev–Trinajstić information content (AvgIpc) is 3.05. The van der Waals surface area contributed by atoms with E-state index in [0.717, 1.165) is 5.56 Å². The van der Waals surface area contributed by atoms with Crippen LogP contribution in [0.5, 0.6) is 0 Å². The molecular weight excluding hydrogens is 314 g/mol. The van der Waals surface area contributed by atoms with Gasteiger partial charge in [-0.25, -0.2) is 0 Å². The fourth-order valence-electron chi connectivity index (χ4n) is 2.07. The first kappa shape index (κ1) is 15.2. The number of nitrogens with zero attached hydrogens (tertiary/aromatic N) is 2. The number of carbonyl (C=O) groups is 1. The Labute approximate surface area is 138 Å². The topological polar surface area (TPSA) is 68.0 Å². The summed E-state index contributed by atoms with van der Waals surface area (Å²) in [5.41, 5.74) is 2.13. The number of hydrogen-bond acceptors (Lipinski definition) is 4. The van der Waals surface area contributed by atoms with Gasteiger partial charge in [-0.05, 0) is 36.4 Å². The number of hydrogen-bond donors (Lipinski definition) is 1. The molecule has 0 saturated heterocycles. The van der Waals surface area contributed by atoms with Gasteiger partial charge >= 0.3 is 0 Å². The number of rotatable bonds is 4. The fourth-order valence-corrected chi connectivity index (χ4v) is 2.19. The number of carbonyl (C=O) groups excluding carboxylic acids is 1. The summed E-state index contributed by atoms with van der Waals surface area (Å²) in [6, 6.07) is 14.5. The highest BCUT2D eigenvalue weighted by molar-refractivity contribution is 6.30. The third-order valence-electron chi connectivity index (χ3n) is 3.28. The largest absolute Gasteiger partial charge is 0.334 e. The molecule has 3 aromatic rings. The first-order valence-electron chi connectivity index (χ1n) is 7.16. The van der Waals surface area contributed by atoms with Crippen LogP contribution in [0, 0.1) is 0 Å². The molecule has 1 N–H and O–H groups in total. The van der Waals surface area contributed by atoms with E-state index in [-0.39, 0.29) is 5.91 Å². The van der Waals surface area contributed by atoms with Gasteiger partial charge in [0.05, 0.1) is 11.3 Å². The Morgan fingerprint density at radius 2 is 1.91 bits per heavy atom. The summed E-state index contributed by atoms with van der Waals surface area (Å²) < 4.78 is 5.35. The molecule has 0 radical (unpaired) electrons. The second-order valence-corrected chi connectivity index (χ2v) is 5.31. The third kappa shape index (κ3) is 3.40. The molecule has 0 bridgehead atoms. The molecule has 23 heavy (non-hydrogen) atoms. The predicted octanol–water partition coefficient (Wildman–Crippen LogP) is 4.41. The third-order valence-corrected chi connectivity index (χ3v) is 3.53. The smallest absolute Gasteiger partial charge is 0.260 e. The molecule has 0 atom stereocenters. The zero-order valence-electron chi connectivity index (χ0n) is 12.4. The molecule has 5 nitrogen and oxygen atoms in total. The Bertz CT molecular complexity index is 828. The van der Waals surface area contributed by atoms with Gasteiger partial charge in [-0.3, -0.25) is 4.79 Å². The minimum atomic E-state index is -0.0742. The average molecular weight is 328 g/mol. The van der Waals surface area contributed by atoms with E-state index in [0.29, 0.717) is 34.4 Å². The Hall–Kier alpha value is -2.66. The highest BCUT2D eigenvalue weighted by Gasteiger charge is 2.14. The first-order valence-corrected chi connectivity index (χ1v) is 7.54. The Morgan fingerprint density at radius 1 is 1.17 bits per heavy atom. The number of amides is 1. The van der Waals surface area contributed by atoms with Gasteiger partial charge < -0.3 is 9.84 Å². The molecule has 6 heteroatoms. The number of benzene rings is 2. The number of aromatic nitrogens is 2. The van der Waals surface area contributed by atoms with Crippen molar-refractivity contribution in [2.75, 3.05) is 5.32 Å². The molecule has 3 rings (SSSR count). The fraction of sp³-hybridized carbons (Fsp3) is 0.118. The van der Waals surface area contributed by atoms with E-state index < -0.39 is 0 Å². The van der Waals surface area contributed by atoms with Crippen LogP contribution in [0.1, 0.15) is 13.3 Å². The highest BCUT2D eigenvalue weighted by atomic mass is 35.5. The quantitative estimate of drug-likeness (QED) is 0.771. The summed E-state index contributed by atoms with van der Waals surface area (Å²) in [6.45, 7) is 1.79. The minimum Gasteiger partial charge on any atom is -0.334 e. The van der Waals surface area contributed by atoms with Crippen LogP contribution in [0.15, 0.2) is 53.1 Å². The van der Waals surface area contributed by atoms with Crippen LogP contribution < -0.4 is 5.32 Å². The Balaban J connectivity index is 1.94. The van der Waals surface area contributed by atoms with Crippen molar-refractivity contribution in [1.29, 1.82) is 0 Å². The van der Waals surface area contributed by atoms with Crippen LogP contribution in [0.3, 0.4) is 0 Å². The second kappa shape index (κ2) is 6.62. The summed E-state index contributed by atoms with van der Waals surface area (Å²) in [4.78, 5) is 16.0. The molecule has 0 fully saturated rings. The SMILES string of the molecule is CCC(=O)Nc1ccccc1-c1nc(-c2ccc(Cl)cc2)no1. The number of halogens is 1. The second-order valence-electron chi connectivity index (χ2n) is 4.88. The summed E-state index contributed by atoms with van der Waals surface area (Å²) in [5.74, 6) is 0.741. The van der Waals surface area contributed by atoms with E-state index in [1.807, 2.05) is 30.3 Å². The van der Waals surface area contributed by atoms with Crippen molar-refractivity contribution in [3.05, 3.63) is 53.6 Å². The van der Waals surface area contributed by atoms with Gasteiger partial charge in [0.1, 0.15) is 0 Å². The van der Waals surface area contributed by atoms with E-state index in [2.05, 4.69) is 15.5 Å². The molecule has 1 amide bonds. The summed E-state index contributed by atoms with van der Waals surface area (Å²) >= 11 is 5.88. The van der Waals surface area contributed by atoms with E-state index in [1.54, 1.807) is 25.1 Å². The molecular formula is C17H14ClN3O2. The number of anilines is 1. The van der Waals surface area contributed by atoms with Gasteiger partial charge in [-0.2, -0.15) is 4.98 Å². The monoisotopic (exact) mass is 327 g/mol.